The van der Waals surface area contributed by atoms with Gasteiger partial charge in [-0.2, -0.15) is 0 Å². The lowest BCUT2D eigenvalue weighted by molar-refractivity contribution is -0.117. The molecule has 5 heteroatoms. The fourth-order valence-corrected chi connectivity index (χ4v) is 3.29. The van der Waals surface area contributed by atoms with Crippen molar-refractivity contribution < 1.29 is 14.3 Å². The molecule has 0 spiro atoms. The van der Waals surface area contributed by atoms with Gasteiger partial charge in [0.15, 0.2) is 0 Å². The normalized spacial score (nSPS) is 21.7. The number of nitrogens with one attached hydrogen (secondary N) is 1. The number of hydrogen-bond donors (Lipinski definition) is 1. The predicted molar refractivity (Wildman–Crippen MR) is 90.4 cm³/mol. The largest absolute Gasteiger partial charge is 0.462 e. The Hall–Kier alpha value is -1.88. The minimum Gasteiger partial charge on any atom is -0.462 e. The Labute approximate surface area is 138 Å². The molecule has 1 saturated heterocycles. The van der Waals surface area contributed by atoms with Crippen LogP contribution in [0.1, 0.15) is 37.6 Å². The zero-order valence-corrected chi connectivity index (χ0v) is 14.2. The summed E-state index contributed by atoms with van der Waals surface area (Å²) in [4.78, 5) is 26.4. The summed E-state index contributed by atoms with van der Waals surface area (Å²) in [5.74, 6) is 0.711. The van der Waals surface area contributed by atoms with Crippen LogP contribution in [0.4, 0.5) is 5.69 Å². The number of carbonyl (C=O) groups excluding carboxylic acids is 2. The van der Waals surface area contributed by atoms with E-state index in [9.17, 15) is 9.59 Å². The van der Waals surface area contributed by atoms with Crippen LogP contribution in [0.3, 0.4) is 0 Å². The van der Waals surface area contributed by atoms with E-state index in [1.165, 1.54) is 6.42 Å². The number of benzene rings is 1. The Morgan fingerprint density at radius 2 is 1.87 bits per heavy atom. The SMILES string of the molecule is CCOC(=O)c1ccccc1NC(=O)CN1CC(C)CC(C)C1. The molecule has 1 N–H and O–H groups in total. The van der Waals surface area contributed by atoms with Crippen LogP contribution in [0.25, 0.3) is 0 Å². The monoisotopic (exact) mass is 318 g/mol. The summed E-state index contributed by atoms with van der Waals surface area (Å²) in [6.07, 6.45) is 1.21. The summed E-state index contributed by atoms with van der Waals surface area (Å²) in [6, 6.07) is 6.95. The Morgan fingerprint density at radius 3 is 2.52 bits per heavy atom. The number of amides is 1. The molecular weight excluding hydrogens is 292 g/mol. The van der Waals surface area contributed by atoms with Gasteiger partial charge in [0.25, 0.3) is 0 Å². The second-order valence-corrected chi connectivity index (χ2v) is 6.45. The molecule has 1 amide bonds. The van der Waals surface area contributed by atoms with Gasteiger partial charge in [0, 0.05) is 13.1 Å². The van der Waals surface area contributed by atoms with Gasteiger partial charge in [-0.05, 0) is 37.3 Å². The van der Waals surface area contributed by atoms with Gasteiger partial charge in [-0.3, -0.25) is 9.69 Å². The molecule has 23 heavy (non-hydrogen) atoms. The van der Waals surface area contributed by atoms with Crippen molar-refractivity contribution in [2.45, 2.75) is 27.2 Å². The van der Waals surface area contributed by atoms with Gasteiger partial charge in [0.2, 0.25) is 5.91 Å². The second kappa shape index (κ2) is 8.11. The van der Waals surface area contributed by atoms with Gasteiger partial charge in [-0.1, -0.05) is 26.0 Å². The van der Waals surface area contributed by atoms with Crippen molar-refractivity contribution in [1.82, 2.24) is 4.90 Å². The molecule has 1 aliphatic heterocycles. The summed E-state index contributed by atoms with van der Waals surface area (Å²) in [5, 5.41) is 2.85. The van der Waals surface area contributed by atoms with Crippen molar-refractivity contribution >= 4 is 17.6 Å². The van der Waals surface area contributed by atoms with Gasteiger partial charge in [0.1, 0.15) is 0 Å². The van der Waals surface area contributed by atoms with Crippen LogP contribution in [0.5, 0.6) is 0 Å². The van der Waals surface area contributed by atoms with E-state index in [-0.39, 0.29) is 5.91 Å². The first kappa shape index (κ1) is 17.5. The molecule has 1 fully saturated rings. The minimum absolute atomic E-state index is 0.0944. The van der Waals surface area contributed by atoms with E-state index in [0.29, 0.717) is 36.2 Å². The maximum atomic E-state index is 12.3. The predicted octanol–water partition coefficient (Wildman–Crippen LogP) is 2.78. The number of carbonyl (C=O) groups is 2. The lowest BCUT2D eigenvalue weighted by Crippen LogP contribution is -2.42. The molecule has 0 aliphatic carbocycles. The summed E-state index contributed by atoms with van der Waals surface area (Å²) in [5.41, 5.74) is 0.900. The third kappa shape index (κ3) is 5.06. The number of rotatable bonds is 5. The first-order chi connectivity index (χ1) is 11.0. The lowest BCUT2D eigenvalue weighted by atomic mass is 9.92. The third-order valence-corrected chi connectivity index (χ3v) is 4.01. The van der Waals surface area contributed by atoms with Gasteiger partial charge in [-0.15, -0.1) is 0 Å². The molecule has 2 unspecified atom stereocenters. The van der Waals surface area contributed by atoms with E-state index in [1.54, 1.807) is 31.2 Å². The number of piperidine rings is 1. The smallest absolute Gasteiger partial charge is 0.340 e. The van der Waals surface area contributed by atoms with Crippen LogP contribution in [-0.4, -0.2) is 43.0 Å². The molecule has 2 atom stereocenters. The number of anilines is 1. The third-order valence-electron chi connectivity index (χ3n) is 4.01. The summed E-state index contributed by atoms with van der Waals surface area (Å²) in [6.45, 7) is 8.75. The zero-order chi connectivity index (χ0) is 16.8. The molecule has 1 aromatic carbocycles. The molecule has 5 nitrogen and oxygen atoms in total. The lowest BCUT2D eigenvalue weighted by Gasteiger charge is -2.34. The quantitative estimate of drug-likeness (QED) is 0.848. The van der Waals surface area contributed by atoms with E-state index < -0.39 is 5.97 Å². The maximum Gasteiger partial charge on any atom is 0.340 e. The topological polar surface area (TPSA) is 58.6 Å². The highest BCUT2D eigenvalue weighted by atomic mass is 16.5. The fraction of sp³-hybridized carbons (Fsp3) is 0.556. The van der Waals surface area contributed by atoms with Crippen molar-refractivity contribution in [2.24, 2.45) is 11.8 Å². The molecule has 0 radical (unpaired) electrons. The van der Waals surface area contributed by atoms with Gasteiger partial charge >= 0.3 is 5.97 Å². The number of nitrogens with zero attached hydrogens (tertiary/aromatic N) is 1. The number of likely N-dealkylation sites (tertiary alicyclic amines) is 1. The van der Waals surface area contributed by atoms with Gasteiger partial charge < -0.3 is 10.1 Å². The van der Waals surface area contributed by atoms with Crippen LogP contribution in [-0.2, 0) is 9.53 Å². The fourth-order valence-electron chi connectivity index (χ4n) is 3.29. The van der Waals surface area contributed by atoms with Crippen LogP contribution >= 0.6 is 0 Å². The van der Waals surface area contributed by atoms with Crippen LogP contribution < -0.4 is 5.32 Å². The van der Waals surface area contributed by atoms with E-state index >= 15 is 0 Å². The van der Waals surface area contributed by atoms with E-state index in [4.69, 9.17) is 4.74 Å². The van der Waals surface area contributed by atoms with Crippen molar-refractivity contribution in [3.05, 3.63) is 29.8 Å². The Balaban J connectivity index is 1.99. The highest BCUT2D eigenvalue weighted by Crippen LogP contribution is 2.21. The number of esters is 1. The van der Waals surface area contributed by atoms with Crippen molar-refractivity contribution in [3.63, 3.8) is 0 Å². The van der Waals surface area contributed by atoms with Crippen LogP contribution in [0.15, 0.2) is 24.3 Å². The first-order valence-electron chi connectivity index (χ1n) is 8.28. The molecule has 1 aromatic rings. The Morgan fingerprint density at radius 1 is 1.22 bits per heavy atom. The van der Waals surface area contributed by atoms with Crippen molar-refractivity contribution in [3.8, 4) is 0 Å². The van der Waals surface area contributed by atoms with Gasteiger partial charge in [0.05, 0.1) is 24.4 Å². The molecule has 2 rings (SSSR count). The van der Waals surface area contributed by atoms with E-state index in [1.807, 2.05) is 0 Å². The second-order valence-electron chi connectivity index (χ2n) is 6.45. The summed E-state index contributed by atoms with van der Waals surface area (Å²) >= 11 is 0. The van der Waals surface area contributed by atoms with E-state index in [0.717, 1.165) is 13.1 Å². The number of hydrogen-bond acceptors (Lipinski definition) is 4. The Bertz CT molecular complexity index is 549. The molecule has 0 saturated carbocycles. The highest BCUT2D eigenvalue weighted by Gasteiger charge is 2.23. The van der Waals surface area contributed by atoms with Crippen molar-refractivity contribution in [1.29, 1.82) is 0 Å². The average Bonchev–Trinajstić information content (AvgIpc) is 2.46. The molecule has 126 valence electrons. The molecule has 1 aliphatic rings. The number of para-hydroxylation sites is 1. The Kier molecular flexibility index (Phi) is 6.16. The van der Waals surface area contributed by atoms with Gasteiger partial charge in [-0.25, -0.2) is 4.79 Å². The van der Waals surface area contributed by atoms with Crippen LogP contribution in [0, 0.1) is 11.8 Å². The summed E-state index contributed by atoms with van der Waals surface area (Å²) in [7, 11) is 0. The molecular formula is C18H26N2O3. The molecule has 0 bridgehead atoms. The highest BCUT2D eigenvalue weighted by molar-refractivity contribution is 6.01. The maximum absolute atomic E-state index is 12.3. The zero-order valence-electron chi connectivity index (χ0n) is 14.2. The standard InChI is InChI=1S/C18H26N2O3/c1-4-23-18(22)15-7-5-6-8-16(15)19-17(21)12-20-10-13(2)9-14(3)11-20/h5-8,13-14H,4,9-12H2,1-3H3,(H,19,21). The average molecular weight is 318 g/mol. The van der Waals surface area contributed by atoms with Crippen molar-refractivity contribution in [2.75, 3.05) is 31.6 Å². The number of ether oxygens (including phenoxy) is 1. The minimum atomic E-state index is -0.413. The van der Waals surface area contributed by atoms with E-state index in [2.05, 4.69) is 24.1 Å². The molecule has 0 aromatic heterocycles. The summed E-state index contributed by atoms with van der Waals surface area (Å²) < 4.78 is 5.03. The van der Waals surface area contributed by atoms with Crippen LogP contribution in [0.2, 0.25) is 0 Å². The molecule has 1 heterocycles. The first-order valence-corrected chi connectivity index (χ1v) is 8.28.